The minimum atomic E-state index is 0.224. The number of piperidine rings is 1. The largest absolute Gasteiger partial charge is 0.378 e. The van der Waals surface area contributed by atoms with Crippen LogP contribution in [0.4, 0.5) is 5.82 Å². The Labute approximate surface area is 174 Å². The molecule has 2 aromatic rings. The molecule has 4 rings (SSSR count). The van der Waals surface area contributed by atoms with E-state index in [2.05, 4.69) is 26.5 Å². The Morgan fingerprint density at radius 2 is 2.07 bits per heavy atom. The molecule has 0 atom stereocenters. The Hall–Kier alpha value is -1.61. The van der Waals surface area contributed by atoms with Gasteiger partial charge in [0.05, 0.1) is 36.3 Å². The van der Waals surface area contributed by atoms with Crippen LogP contribution in [0, 0.1) is 0 Å². The van der Waals surface area contributed by atoms with E-state index in [9.17, 15) is 4.79 Å². The number of halogens is 1. The minimum absolute atomic E-state index is 0.224. The lowest BCUT2D eigenvalue weighted by Gasteiger charge is -2.33. The Kier molecular flexibility index (Phi) is 6.51. The van der Waals surface area contributed by atoms with Crippen molar-refractivity contribution in [2.24, 2.45) is 0 Å². The second-order valence-corrected chi connectivity index (χ2v) is 9.11. The number of aromatic amines is 1. The van der Waals surface area contributed by atoms with Crippen LogP contribution >= 0.6 is 22.9 Å². The molecule has 0 bridgehead atoms. The van der Waals surface area contributed by atoms with Crippen molar-refractivity contribution >= 4 is 34.7 Å². The zero-order valence-corrected chi connectivity index (χ0v) is 17.4. The number of amides is 1. The van der Waals surface area contributed by atoms with Gasteiger partial charge in [0.2, 0.25) is 5.91 Å². The number of nitrogens with one attached hydrogen (secondary N) is 2. The summed E-state index contributed by atoms with van der Waals surface area (Å²) in [5, 5.41) is 11.0. The molecule has 4 heterocycles. The Morgan fingerprint density at radius 3 is 2.79 bits per heavy atom. The first-order valence-corrected chi connectivity index (χ1v) is 11.0. The van der Waals surface area contributed by atoms with Crippen molar-refractivity contribution in [3.05, 3.63) is 33.1 Å². The first-order valence-electron chi connectivity index (χ1n) is 9.78. The van der Waals surface area contributed by atoms with Gasteiger partial charge >= 0.3 is 0 Å². The van der Waals surface area contributed by atoms with Crippen molar-refractivity contribution in [3.8, 4) is 0 Å². The highest BCUT2D eigenvalue weighted by molar-refractivity contribution is 7.16. The maximum Gasteiger partial charge on any atom is 0.236 e. The van der Waals surface area contributed by atoms with E-state index < -0.39 is 0 Å². The van der Waals surface area contributed by atoms with Crippen LogP contribution in [0.3, 0.4) is 0 Å². The van der Waals surface area contributed by atoms with Gasteiger partial charge in [-0.25, -0.2) is 0 Å². The Balaban J connectivity index is 1.22. The monoisotopic (exact) mass is 423 g/mol. The van der Waals surface area contributed by atoms with Crippen LogP contribution in [0.25, 0.3) is 0 Å². The predicted octanol–water partition coefficient (Wildman–Crippen LogP) is 2.77. The van der Waals surface area contributed by atoms with Gasteiger partial charge < -0.3 is 15.0 Å². The zero-order chi connectivity index (χ0) is 19.3. The topological polar surface area (TPSA) is 73.5 Å². The SMILES string of the molecule is O=C(CN1CCC(c2cc(NCc3ccc(Cl)s3)[nH]n2)CC1)N1CCOCC1. The Morgan fingerprint density at radius 1 is 1.29 bits per heavy atom. The number of rotatable bonds is 6. The van der Waals surface area contributed by atoms with E-state index in [0.29, 0.717) is 25.7 Å². The fraction of sp³-hybridized carbons (Fsp3) is 0.579. The molecule has 0 aliphatic carbocycles. The summed E-state index contributed by atoms with van der Waals surface area (Å²) < 4.78 is 6.13. The zero-order valence-electron chi connectivity index (χ0n) is 15.8. The van der Waals surface area contributed by atoms with Gasteiger partial charge in [-0.2, -0.15) is 5.10 Å². The summed E-state index contributed by atoms with van der Waals surface area (Å²) in [4.78, 5) is 17.8. The van der Waals surface area contributed by atoms with Gasteiger partial charge in [0.1, 0.15) is 5.82 Å². The van der Waals surface area contributed by atoms with E-state index in [1.54, 1.807) is 11.3 Å². The number of anilines is 1. The van der Waals surface area contributed by atoms with E-state index >= 15 is 0 Å². The quantitative estimate of drug-likeness (QED) is 0.747. The number of H-pyrrole nitrogens is 1. The highest BCUT2D eigenvalue weighted by Gasteiger charge is 2.25. The summed E-state index contributed by atoms with van der Waals surface area (Å²) in [6, 6.07) is 6.05. The lowest BCUT2D eigenvalue weighted by Crippen LogP contribution is -2.47. The standard InChI is InChI=1S/C19H26ClN5O2S/c20-17-2-1-15(28-17)12-21-18-11-16(22-23-18)14-3-5-24(6-4-14)13-19(26)25-7-9-27-10-8-25/h1-2,11,14H,3-10,12-13H2,(H2,21,22,23). The van der Waals surface area contributed by atoms with Gasteiger partial charge in [-0.05, 0) is 38.1 Å². The molecule has 0 radical (unpaired) electrons. The van der Waals surface area contributed by atoms with Crippen LogP contribution in [-0.4, -0.2) is 71.8 Å². The molecule has 0 saturated carbocycles. The van der Waals surface area contributed by atoms with Crippen LogP contribution in [-0.2, 0) is 16.1 Å². The van der Waals surface area contributed by atoms with Gasteiger partial charge in [-0.1, -0.05) is 11.6 Å². The van der Waals surface area contributed by atoms with Crippen molar-refractivity contribution < 1.29 is 9.53 Å². The number of carbonyl (C=O) groups is 1. The van der Waals surface area contributed by atoms with Gasteiger partial charge in [0, 0.05) is 30.0 Å². The summed E-state index contributed by atoms with van der Waals surface area (Å²) in [5.74, 6) is 1.60. The predicted molar refractivity (Wildman–Crippen MR) is 111 cm³/mol. The van der Waals surface area contributed by atoms with Crippen LogP contribution in [0.5, 0.6) is 0 Å². The van der Waals surface area contributed by atoms with Gasteiger partial charge in [-0.15, -0.1) is 11.3 Å². The third-order valence-electron chi connectivity index (χ3n) is 5.41. The van der Waals surface area contributed by atoms with Crippen molar-refractivity contribution in [3.63, 3.8) is 0 Å². The molecule has 2 aromatic heterocycles. The molecule has 0 aromatic carbocycles. The summed E-state index contributed by atoms with van der Waals surface area (Å²) >= 11 is 7.55. The van der Waals surface area contributed by atoms with Crippen LogP contribution < -0.4 is 5.32 Å². The smallest absolute Gasteiger partial charge is 0.236 e. The van der Waals surface area contributed by atoms with Crippen LogP contribution in [0.2, 0.25) is 4.34 Å². The molecule has 2 fully saturated rings. The second-order valence-electron chi connectivity index (χ2n) is 7.31. The molecule has 2 saturated heterocycles. The molecule has 1 amide bonds. The summed E-state index contributed by atoms with van der Waals surface area (Å²) in [5.41, 5.74) is 1.10. The fourth-order valence-corrected chi connectivity index (χ4v) is 4.78. The number of aromatic nitrogens is 2. The highest BCUT2D eigenvalue weighted by Crippen LogP contribution is 2.28. The number of likely N-dealkylation sites (tertiary alicyclic amines) is 1. The molecule has 2 aliphatic heterocycles. The summed E-state index contributed by atoms with van der Waals surface area (Å²) in [7, 11) is 0. The van der Waals surface area contributed by atoms with E-state index in [-0.39, 0.29) is 5.91 Å². The van der Waals surface area contributed by atoms with Crippen molar-refractivity contribution in [2.75, 3.05) is 51.3 Å². The molecule has 2 aliphatic rings. The molecule has 0 spiro atoms. The maximum atomic E-state index is 12.4. The first-order chi connectivity index (χ1) is 13.7. The molecule has 0 unspecified atom stereocenters. The highest BCUT2D eigenvalue weighted by atomic mass is 35.5. The third kappa shape index (κ3) is 5.05. The van der Waals surface area contributed by atoms with Gasteiger partial charge in [-0.3, -0.25) is 14.8 Å². The van der Waals surface area contributed by atoms with E-state index in [1.807, 2.05) is 17.0 Å². The lowest BCUT2D eigenvalue weighted by molar-refractivity contribution is -0.136. The van der Waals surface area contributed by atoms with E-state index in [4.69, 9.17) is 16.3 Å². The number of hydrogen-bond donors (Lipinski definition) is 2. The first kappa shape index (κ1) is 19.7. The van der Waals surface area contributed by atoms with Crippen LogP contribution in [0.15, 0.2) is 18.2 Å². The molecule has 152 valence electrons. The molecule has 9 heteroatoms. The average molecular weight is 424 g/mol. The number of nitrogens with zero attached hydrogens (tertiary/aromatic N) is 3. The lowest BCUT2D eigenvalue weighted by atomic mass is 9.93. The number of thiophene rings is 1. The average Bonchev–Trinajstić information content (AvgIpc) is 3.36. The van der Waals surface area contributed by atoms with Gasteiger partial charge in [0.15, 0.2) is 0 Å². The minimum Gasteiger partial charge on any atom is -0.378 e. The van der Waals surface area contributed by atoms with Gasteiger partial charge in [0.25, 0.3) is 0 Å². The summed E-state index contributed by atoms with van der Waals surface area (Å²) in [6.07, 6.45) is 2.06. The number of hydrogen-bond acceptors (Lipinski definition) is 6. The number of morpholine rings is 1. The maximum absolute atomic E-state index is 12.4. The normalized spacial score (nSPS) is 19.1. The van der Waals surface area contributed by atoms with E-state index in [1.165, 1.54) is 4.88 Å². The molecular formula is C19H26ClN5O2S. The molecule has 28 heavy (non-hydrogen) atoms. The van der Waals surface area contributed by atoms with Crippen LogP contribution in [0.1, 0.15) is 29.3 Å². The molecule has 7 nitrogen and oxygen atoms in total. The van der Waals surface area contributed by atoms with Crippen molar-refractivity contribution in [2.45, 2.75) is 25.3 Å². The molecule has 2 N–H and O–H groups in total. The second kappa shape index (κ2) is 9.26. The number of carbonyl (C=O) groups excluding carboxylic acids is 1. The van der Waals surface area contributed by atoms with Crippen molar-refractivity contribution in [1.82, 2.24) is 20.0 Å². The fourth-order valence-electron chi connectivity index (χ4n) is 3.76. The third-order valence-corrected chi connectivity index (χ3v) is 6.64. The Bertz CT molecular complexity index is 781. The van der Waals surface area contributed by atoms with Crippen molar-refractivity contribution in [1.29, 1.82) is 0 Å². The van der Waals surface area contributed by atoms with E-state index in [0.717, 1.165) is 61.4 Å². The number of ether oxygens (including phenoxy) is 1. The summed E-state index contributed by atoms with van der Waals surface area (Å²) in [6.45, 7) is 5.87. The molecular weight excluding hydrogens is 398 g/mol.